The van der Waals surface area contributed by atoms with E-state index >= 15 is 0 Å². The van der Waals surface area contributed by atoms with Crippen molar-refractivity contribution in [3.63, 3.8) is 0 Å². The zero-order valence-corrected chi connectivity index (χ0v) is 12.2. The number of pyridine rings is 1. The normalized spacial score (nSPS) is 14.3. The molecule has 0 spiro atoms. The van der Waals surface area contributed by atoms with Gasteiger partial charge in [-0.25, -0.2) is 0 Å². The summed E-state index contributed by atoms with van der Waals surface area (Å²) in [5, 5.41) is 16.8. The molecule has 0 aromatic carbocycles. The number of nitrogens with one attached hydrogen (secondary N) is 1. The van der Waals surface area contributed by atoms with Crippen LogP contribution in [0.15, 0.2) is 29.7 Å². The average molecular weight is 286 g/mol. The van der Waals surface area contributed by atoms with Crippen molar-refractivity contribution in [2.24, 2.45) is 5.16 Å². The van der Waals surface area contributed by atoms with E-state index in [0.717, 1.165) is 0 Å². The summed E-state index contributed by atoms with van der Waals surface area (Å²) in [5.74, 6) is 0. The lowest BCUT2D eigenvalue weighted by molar-refractivity contribution is 0.0377. The second kappa shape index (κ2) is 7.43. The number of oxime groups is 1. The number of aliphatic hydroxyl groups is 1. The lowest BCUT2D eigenvalue weighted by Gasteiger charge is -2.22. The first kappa shape index (κ1) is 15.9. The molecule has 0 saturated heterocycles. The summed E-state index contributed by atoms with van der Waals surface area (Å²) in [4.78, 5) is 8.94. The maximum absolute atomic E-state index is 9.68. The Hall–Kier alpha value is -1.17. The summed E-state index contributed by atoms with van der Waals surface area (Å²) >= 11 is 5.93. The third-order valence-electron chi connectivity index (χ3n) is 2.18. The number of hydrogen-bond donors (Lipinski definition) is 2. The first-order chi connectivity index (χ1) is 8.88. The molecule has 0 saturated carbocycles. The van der Waals surface area contributed by atoms with Crippen LogP contribution in [0.3, 0.4) is 0 Å². The van der Waals surface area contributed by atoms with Gasteiger partial charge in [0, 0.05) is 30.0 Å². The fraction of sp³-hybridized carbons (Fsp3) is 0.538. The van der Waals surface area contributed by atoms with Crippen LogP contribution in [0, 0.1) is 0 Å². The molecule has 0 fully saturated rings. The van der Waals surface area contributed by atoms with Gasteiger partial charge in [0.15, 0.2) is 5.17 Å². The van der Waals surface area contributed by atoms with Gasteiger partial charge in [-0.3, -0.25) is 4.98 Å². The van der Waals surface area contributed by atoms with Gasteiger partial charge in [-0.2, -0.15) is 0 Å². The Morgan fingerprint density at radius 1 is 1.58 bits per heavy atom. The standard InChI is InChI=1S/C13H20ClN3O2/c1-13(2,3)16-8-11(18)9-19-17-12(14)10-5-4-6-15-7-10/h4-7,11,16,18H,8-9H2,1-3H3. The van der Waals surface area contributed by atoms with Crippen molar-refractivity contribution < 1.29 is 9.94 Å². The molecule has 1 aromatic heterocycles. The van der Waals surface area contributed by atoms with Gasteiger partial charge in [-0.1, -0.05) is 16.8 Å². The van der Waals surface area contributed by atoms with Crippen molar-refractivity contribution in [2.45, 2.75) is 32.4 Å². The van der Waals surface area contributed by atoms with E-state index in [0.29, 0.717) is 12.1 Å². The topological polar surface area (TPSA) is 66.7 Å². The molecule has 19 heavy (non-hydrogen) atoms. The van der Waals surface area contributed by atoms with E-state index in [2.05, 4.69) is 15.5 Å². The van der Waals surface area contributed by atoms with E-state index in [4.69, 9.17) is 16.4 Å². The molecule has 1 aromatic rings. The van der Waals surface area contributed by atoms with Crippen LogP contribution in [-0.2, 0) is 4.84 Å². The Bertz CT molecular complexity index is 404. The highest BCUT2D eigenvalue weighted by molar-refractivity contribution is 6.69. The summed E-state index contributed by atoms with van der Waals surface area (Å²) < 4.78 is 0. The van der Waals surface area contributed by atoms with Crippen LogP contribution >= 0.6 is 11.6 Å². The van der Waals surface area contributed by atoms with Crippen LogP contribution in [0.25, 0.3) is 0 Å². The van der Waals surface area contributed by atoms with Crippen molar-refractivity contribution in [3.05, 3.63) is 30.1 Å². The number of nitrogens with zero attached hydrogens (tertiary/aromatic N) is 2. The minimum absolute atomic E-state index is 0.0440. The summed E-state index contributed by atoms with van der Waals surface area (Å²) in [6.45, 7) is 6.59. The predicted octanol–water partition coefficient (Wildman–Crippen LogP) is 1.75. The van der Waals surface area contributed by atoms with Crippen LogP contribution in [0.4, 0.5) is 0 Å². The van der Waals surface area contributed by atoms with E-state index in [1.54, 1.807) is 24.5 Å². The third kappa shape index (κ3) is 7.10. The van der Waals surface area contributed by atoms with Crippen LogP contribution in [0.5, 0.6) is 0 Å². The Morgan fingerprint density at radius 2 is 2.32 bits per heavy atom. The number of hydrogen-bond acceptors (Lipinski definition) is 5. The Kier molecular flexibility index (Phi) is 6.21. The van der Waals surface area contributed by atoms with Crippen molar-refractivity contribution in [2.75, 3.05) is 13.2 Å². The molecule has 2 N–H and O–H groups in total. The lowest BCUT2D eigenvalue weighted by atomic mass is 10.1. The van der Waals surface area contributed by atoms with Crippen molar-refractivity contribution >= 4 is 16.8 Å². The van der Waals surface area contributed by atoms with Gasteiger partial charge < -0.3 is 15.3 Å². The van der Waals surface area contributed by atoms with Crippen LogP contribution in [0.1, 0.15) is 26.3 Å². The Balaban J connectivity index is 2.33. The van der Waals surface area contributed by atoms with E-state index in [-0.39, 0.29) is 17.3 Å². The maximum atomic E-state index is 9.68. The number of halogens is 1. The number of rotatable bonds is 6. The van der Waals surface area contributed by atoms with Gasteiger partial charge in [-0.05, 0) is 32.9 Å². The van der Waals surface area contributed by atoms with Gasteiger partial charge in [0.1, 0.15) is 12.7 Å². The number of aliphatic hydroxyl groups excluding tert-OH is 1. The average Bonchev–Trinajstić information content (AvgIpc) is 2.36. The largest absolute Gasteiger partial charge is 0.392 e. The first-order valence-electron chi connectivity index (χ1n) is 6.07. The van der Waals surface area contributed by atoms with E-state index in [1.165, 1.54) is 0 Å². The van der Waals surface area contributed by atoms with E-state index in [9.17, 15) is 5.11 Å². The zero-order valence-electron chi connectivity index (χ0n) is 11.4. The lowest BCUT2D eigenvalue weighted by Crippen LogP contribution is -2.42. The zero-order chi connectivity index (χ0) is 14.3. The quantitative estimate of drug-likeness (QED) is 0.617. The third-order valence-corrected chi connectivity index (χ3v) is 2.47. The molecule has 1 unspecified atom stereocenters. The first-order valence-corrected chi connectivity index (χ1v) is 6.45. The molecule has 5 nitrogen and oxygen atoms in total. The fourth-order valence-electron chi connectivity index (χ4n) is 1.20. The minimum Gasteiger partial charge on any atom is -0.392 e. The molecule has 0 amide bonds. The molecule has 106 valence electrons. The highest BCUT2D eigenvalue weighted by Crippen LogP contribution is 2.04. The molecule has 1 rings (SSSR count). The monoisotopic (exact) mass is 285 g/mol. The second-order valence-electron chi connectivity index (χ2n) is 5.20. The molecule has 0 bridgehead atoms. The molecule has 0 aliphatic carbocycles. The van der Waals surface area contributed by atoms with Crippen molar-refractivity contribution in [1.29, 1.82) is 0 Å². The minimum atomic E-state index is -0.638. The van der Waals surface area contributed by atoms with E-state index < -0.39 is 6.10 Å². The molecule has 0 aliphatic heterocycles. The predicted molar refractivity (Wildman–Crippen MR) is 76.3 cm³/mol. The molecule has 1 atom stereocenters. The molecule has 0 radical (unpaired) electrons. The van der Waals surface area contributed by atoms with Crippen molar-refractivity contribution in [1.82, 2.24) is 10.3 Å². The Labute approximate surface area is 118 Å². The van der Waals surface area contributed by atoms with Crippen molar-refractivity contribution in [3.8, 4) is 0 Å². The van der Waals surface area contributed by atoms with E-state index in [1.807, 2.05) is 20.8 Å². The molecular weight excluding hydrogens is 266 g/mol. The number of β-amino-alcohol motifs (C(OH)–C–C–N with tert-alkyl or cyclic N) is 1. The SMILES string of the molecule is CC(C)(C)NCC(O)CON=C(Cl)c1cccnc1. The van der Waals surface area contributed by atoms with Crippen LogP contribution < -0.4 is 5.32 Å². The summed E-state index contributed by atoms with van der Waals surface area (Å²) in [7, 11) is 0. The second-order valence-corrected chi connectivity index (χ2v) is 5.56. The molecular formula is C13H20ClN3O2. The summed E-state index contributed by atoms with van der Waals surface area (Å²) in [6, 6.07) is 3.54. The highest BCUT2D eigenvalue weighted by Gasteiger charge is 2.12. The maximum Gasteiger partial charge on any atom is 0.177 e. The number of aromatic nitrogens is 1. The van der Waals surface area contributed by atoms with Crippen LogP contribution in [-0.4, -0.2) is 40.1 Å². The smallest absolute Gasteiger partial charge is 0.177 e. The van der Waals surface area contributed by atoms with Gasteiger partial charge in [-0.15, -0.1) is 0 Å². The molecule has 0 aliphatic rings. The summed E-state index contributed by atoms with van der Waals surface area (Å²) in [6.07, 6.45) is 2.60. The molecule has 6 heteroatoms. The van der Waals surface area contributed by atoms with Crippen LogP contribution in [0.2, 0.25) is 0 Å². The van der Waals surface area contributed by atoms with Gasteiger partial charge in [0.05, 0.1) is 0 Å². The molecule has 1 heterocycles. The highest BCUT2D eigenvalue weighted by atomic mass is 35.5. The summed E-state index contributed by atoms with van der Waals surface area (Å²) in [5.41, 5.74) is 0.629. The van der Waals surface area contributed by atoms with Gasteiger partial charge in [0.2, 0.25) is 0 Å². The Morgan fingerprint density at radius 3 is 2.89 bits per heavy atom. The van der Waals surface area contributed by atoms with Gasteiger partial charge >= 0.3 is 0 Å². The van der Waals surface area contributed by atoms with Gasteiger partial charge in [0.25, 0.3) is 0 Å². The fourth-order valence-corrected chi connectivity index (χ4v) is 1.36.